The maximum Gasteiger partial charge on any atom is 0.226 e. The minimum atomic E-state index is -0.795. The Labute approximate surface area is 141 Å². The fourth-order valence-electron chi connectivity index (χ4n) is 3.60. The Morgan fingerprint density at radius 1 is 1.29 bits per heavy atom. The Morgan fingerprint density at radius 3 is 2.79 bits per heavy atom. The van der Waals surface area contributed by atoms with Gasteiger partial charge in [0, 0.05) is 38.1 Å². The van der Waals surface area contributed by atoms with E-state index in [0.29, 0.717) is 39.0 Å². The third kappa shape index (κ3) is 3.18. The van der Waals surface area contributed by atoms with Crippen molar-refractivity contribution in [2.75, 3.05) is 13.2 Å². The third-order valence-corrected chi connectivity index (χ3v) is 5.47. The van der Waals surface area contributed by atoms with E-state index in [1.165, 1.54) is 12.8 Å². The standard InChI is InChI=1S/C17H25FN4O2/c1-11-6-15-19-20-16(10-24-9-12-2-3-12)22(15)5-4-21(11)17(23)13-7-14(18)8-13/h11-14H,2-10H2,1H3/t11-,13?,14?/m1/s1. The van der Waals surface area contributed by atoms with Crippen molar-refractivity contribution in [1.29, 1.82) is 0 Å². The van der Waals surface area contributed by atoms with Gasteiger partial charge in [-0.2, -0.15) is 0 Å². The van der Waals surface area contributed by atoms with Crippen LogP contribution in [-0.4, -0.2) is 50.9 Å². The molecular weight excluding hydrogens is 311 g/mol. The van der Waals surface area contributed by atoms with Crippen molar-refractivity contribution in [2.45, 2.75) is 64.4 Å². The van der Waals surface area contributed by atoms with Gasteiger partial charge in [-0.05, 0) is 38.5 Å². The molecule has 24 heavy (non-hydrogen) atoms. The van der Waals surface area contributed by atoms with Gasteiger partial charge in [-0.15, -0.1) is 10.2 Å². The molecule has 1 amide bonds. The van der Waals surface area contributed by atoms with Crippen molar-refractivity contribution in [3.63, 3.8) is 0 Å². The number of alkyl halides is 1. The molecule has 0 N–H and O–H groups in total. The number of hydrogen-bond donors (Lipinski definition) is 0. The van der Waals surface area contributed by atoms with Crippen LogP contribution >= 0.6 is 0 Å². The Kier molecular flexibility index (Phi) is 4.28. The Morgan fingerprint density at radius 2 is 2.08 bits per heavy atom. The number of fused-ring (bicyclic) bond motifs is 1. The molecule has 0 bridgehead atoms. The molecule has 2 saturated carbocycles. The van der Waals surface area contributed by atoms with E-state index < -0.39 is 6.17 Å². The number of carbonyl (C=O) groups is 1. The molecule has 1 atom stereocenters. The summed E-state index contributed by atoms with van der Waals surface area (Å²) in [4.78, 5) is 14.5. The van der Waals surface area contributed by atoms with E-state index in [1.807, 2.05) is 11.8 Å². The zero-order valence-corrected chi connectivity index (χ0v) is 14.2. The van der Waals surface area contributed by atoms with E-state index in [2.05, 4.69) is 14.8 Å². The van der Waals surface area contributed by atoms with Gasteiger partial charge in [0.1, 0.15) is 18.6 Å². The molecular formula is C17H25FN4O2. The van der Waals surface area contributed by atoms with Gasteiger partial charge < -0.3 is 14.2 Å². The smallest absolute Gasteiger partial charge is 0.226 e. The number of amides is 1. The fourth-order valence-corrected chi connectivity index (χ4v) is 3.60. The van der Waals surface area contributed by atoms with Gasteiger partial charge >= 0.3 is 0 Å². The van der Waals surface area contributed by atoms with Crippen molar-refractivity contribution in [2.24, 2.45) is 11.8 Å². The van der Waals surface area contributed by atoms with Gasteiger partial charge in [0.25, 0.3) is 0 Å². The van der Waals surface area contributed by atoms with Crippen LogP contribution in [0.25, 0.3) is 0 Å². The predicted octanol–water partition coefficient (Wildman–Crippen LogP) is 1.73. The minimum absolute atomic E-state index is 0.0712. The fraction of sp³-hybridized carbons (Fsp3) is 0.824. The highest BCUT2D eigenvalue weighted by molar-refractivity contribution is 5.80. The molecule has 1 aliphatic heterocycles. The van der Waals surface area contributed by atoms with Crippen molar-refractivity contribution < 1.29 is 13.9 Å². The molecule has 2 fully saturated rings. The maximum atomic E-state index is 13.1. The van der Waals surface area contributed by atoms with Gasteiger partial charge in [0.2, 0.25) is 5.91 Å². The summed E-state index contributed by atoms with van der Waals surface area (Å²) in [6.07, 6.45) is 3.20. The van der Waals surface area contributed by atoms with Crippen LogP contribution in [0.15, 0.2) is 0 Å². The van der Waals surface area contributed by atoms with E-state index in [1.54, 1.807) is 0 Å². The minimum Gasteiger partial charge on any atom is -0.373 e. The van der Waals surface area contributed by atoms with Crippen molar-refractivity contribution in [3.05, 3.63) is 11.6 Å². The average Bonchev–Trinajstić information content (AvgIpc) is 3.30. The van der Waals surface area contributed by atoms with Gasteiger partial charge in [-0.25, -0.2) is 4.39 Å². The lowest BCUT2D eigenvalue weighted by molar-refractivity contribution is -0.142. The topological polar surface area (TPSA) is 60.3 Å². The summed E-state index contributed by atoms with van der Waals surface area (Å²) in [7, 11) is 0. The van der Waals surface area contributed by atoms with Crippen molar-refractivity contribution >= 4 is 5.91 Å². The average molecular weight is 336 g/mol. The zero-order valence-electron chi connectivity index (χ0n) is 14.2. The van der Waals surface area contributed by atoms with Crippen LogP contribution < -0.4 is 0 Å². The Hall–Kier alpha value is -1.50. The SMILES string of the molecule is C[C@@H]1Cc2nnc(COCC3CC3)n2CCN1C(=O)C1CC(F)C1. The van der Waals surface area contributed by atoms with Crippen molar-refractivity contribution in [3.8, 4) is 0 Å². The zero-order chi connectivity index (χ0) is 16.7. The molecule has 0 aromatic carbocycles. The molecule has 4 rings (SSSR count). The van der Waals surface area contributed by atoms with E-state index >= 15 is 0 Å². The molecule has 1 aromatic heterocycles. The highest BCUT2D eigenvalue weighted by atomic mass is 19.1. The lowest BCUT2D eigenvalue weighted by Gasteiger charge is -2.35. The van der Waals surface area contributed by atoms with E-state index in [4.69, 9.17) is 4.74 Å². The third-order valence-electron chi connectivity index (χ3n) is 5.47. The maximum absolute atomic E-state index is 13.1. The molecule has 0 spiro atoms. The number of carbonyl (C=O) groups excluding carboxylic acids is 1. The number of aromatic nitrogens is 3. The summed E-state index contributed by atoms with van der Waals surface area (Å²) in [5.74, 6) is 2.46. The lowest BCUT2D eigenvalue weighted by Crippen LogP contribution is -2.47. The van der Waals surface area contributed by atoms with Gasteiger partial charge in [-0.3, -0.25) is 4.79 Å². The van der Waals surface area contributed by atoms with E-state index in [-0.39, 0.29) is 17.9 Å². The summed E-state index contributed by atoms with van der Waals surface area (Å²) >= 11 is 0. The Bertz CT molecular complexity index is 610. The number of ether oxygens (including phenoxy) is 1. The van der Waals surface area contributed by atoms with Crippen molar-refractivity contribution in [1.82, 2.24) is 19.7 Å². The Balaban J connectivity index is 1.39. The van der Waals surface area contributed by atoms with E-state index in [0.717, 1.165) is 24.2 Å². The molecule has 0 unspecified atom stereocenters. The van der Waals surface area contributed by atoms with Gasteiger partial charge in [-0.1, -0.05) is 0 Å². The number of halogens is 1. The van der Waals surface area contributed by atoms with Crippen LogP contribution in [0.3, 0.4) is 0 Å². The van der Waals surface area contributed by atoms with E-state index in [9.17, 15) is 9.18 Å². The number of rotatable bonds is 5. The first kappa shape index (κ1) is 16.0. The molecule has 2 aliphatic carbocycles. The molecule has 0 radical (unpaired) electrons. The summed E-state index contributed by atoms with van der Waals surface area (Å²) < 4.78 is 20.9. The van der Waals surface area contributed by atoms with Crippen LogP contribution in [0, 0.1) is 11.8 Å². The normalized spacial score (nSPS) is 29.8. The largest absolute Gasteiger partial charge is 0.373 e. The molecule has 3 aliphatic rings. The molecule has 1 aromatic rings. The second-order valence-electron chi connectivity index (χ2n) is 7.49. The van der Waals surface area contributed by atoms with Crippen LogP contribution in [0.1, 0.15) is 44.3 Å². The summed E-state index contributed by atoms with van der Waals surface area (Å²) in [5, 5.41) is 8.57. The molecule has 0 saturated heterocycles. The number of nitrogens with zero attached hydrogens (tertiary/aromatic N) is 4. The monoisotopic (exact) mass is 336 g/mol. The van der Waals surface area contributed by atoms with Crippen LogP contribution in [-0.2, 0) is 29.1 Å². The first-order chi connectivity index (χ1) is 11.6. The highest BCUT2D eigenvalue weighted by Gasteiger charge is 2.39. The summed E-state index contributed by atoms with van der Waals surface area (Å²) in [6, 6.07) is 0.0712. The second-order valence-corrected chi connectivity index (χ2v) is 7.49. The molecule has 2 heterocycles. The van der Waals surface area contributed by atoms with Crippen LogP contribution in [0.5, 0.6) is 0 Å². The first-order valence-corrected chi connectivity index (χ1v) is 9.05. The quantitative estimate of drug-likeness (QED) is 0.821. The first-order valence-electron chi connectivity index (χ1n) is 9.05. The molecule has 6 nitrogen and oxygen atoms in total. The molecule has 7 heteroatoms. The summed E-state index contributed by atoms with van der Waals surface area (Å²) in [6.45, 7) is 4.64. The van der Waals surface area contributed by atoms with Crippen LogP contribution in [0.4, 0.5) is 4.39 Å². The predicted molar refractivity (Wildman–Crippen MR) is 84.9 cm³/mol. The lowest BCUT2D eigenvalue weighted by atomic mass is 9.82. The summed E-state index contributed by atoms with van der Waals surface area (Å²) in [5.41, 5.74) is 0. The van der Waals surface area contributed by atoms with Gasteiger partial charge in [0.05, 0.1) is 0 Å². The van der Waals surface area contributed by atoms with Crippen LogP contribution in [0.2, 0.25) is 0 Å². The number of hydrogen-bond acceptors (Lipinski definition) is 4. The highest BCUT2D eigenvalue weighted by Crippen LogP contribution is 2.33. The molecule has 132 valence electrons. The van der Waals surface area contributed by atoms with Gasteiger partial charge in [0.15, 0.2) is 5.82 Å². The second kappa shape index (κ2) is 6.43.